The molecule has 0 atom stereocenters. The molecule has 2 heteroatoms. The Balaban J connectivity index is 3.44. The Bertz CT molecular complexity index is 143. The summed E-state index contributed by atoms with van der Waals surface area (Å²) >= 11 is 0. The molecule has 0 N–H and O–H groups in total. The minimum absolute atomic E-state index is 0.0784. The van der Waals surface area contributed by atoms with Crippen molar-refractivity contribution in [2.24, 2.45) is 0 Å². The second-order valence-corrected chi connectivity index (χ2v) is 2.09. The number of carbonyl (C=O) groups is 1. The number of unbranched alkanes of at least 4 members (excludes halogenated alkanes) is 1. The summed E-state index contributed by atoms with van der Waals surface area (Å²) in [6.07, 6.45) is 1.87. The van der Waals surface area contributed by atoms with E-state index in [0.29, 0.717) is 6.61 Å². The second kappa shape index (κ2) is 5.03. The highest BCUT2D eigenvalue weighted by Crippen LogP contribution is 1.94. The molecule has 0 aromatic heterocycles. The van der Waals surface area contributed by atoms with Crippen LogP contribution in [0.4, 0.5) is 0 Å². The van der Waals surface area contributed by atoms with Crippen molar-refractivity contribution in [3.05, 3.63) is 12.2 Å². The van der Waals surface area contributed by atoms with Gasteiger partial charge in [0.25, 0.3) is 0 Å². The fraction of sp³-hybridized carbons (Fsp3) is 0.625. The summed E-state index contributed by atoms with van der Waals surface area (Å²) in [7, 11) is 0. The molecule has 0 amide bonds. The third-order valence-electron chi connectivity index (χ3n) is 1.02. The molecular formula is C8H14O2. The molecule has 0 radical (unpaired) electrons. The van der Waals surface area contributed by atoms with Crippen molar-refractivity contribution in [2.45, 2.75) is 26.7 Å². The van der Waals surface area contributed by atoms with Crippen molar-refractivity contribution < 1.29 is 10.9 Å². The van der Waals surface area contributed by atoms with Gasteiger partial charge in [-0.2, -0.15) is 0 Å². The number of esters is 1. The Morgan fingerprint density at radius 2 is 2.50 bits per heavy atom. The smallest absolute Gasteiger partial charge is 0.333 e. The molecule has 0 aliphatic heterocycles. The first-order valence-corrected chi connectivity index (χ1v) is 3.36. The monoisotopic (exact) mass is 144 g/mol. The van der Waals surface area contributed by atoms with Gasteiger partial charge in [-0.3, -0.25) is 0 Å². The van der Waals surface area contributed by atoms with Crippen molar-refractivity contribution in [3.8, 4) is 0 Å². The molecule has 0 aliphatic rings. The normalized spacial score (nSPS) is 10.3. The quantitative estimate of drug-likeness (QED) is 0.342. The van der Waals surface area contributed by atoms with E-state index < -0.39 is 5.97 Å². The minimum atomic E-state index is -0.437. The SMILES string of the molecule is [3H]CC(=C)C(=O)OCCCC. The van der Waals surface area contributed by atoms with Gasteiger partial charge in [0.2, 0.25) is 0 Å². The van der Waals surface area contributed by atoms with Gasteiger partial charge in [-0.25, -0.2) is 4.79 Å². The van der Waals surface area contributed by atoms with Gasteiger partial charge in [0.1, 0.15) is 0 Å². The van der Waals surface area contributed by atoms with Gasteiger partial charge >= 0.3 is 5.97 Å². The predicted octanol–water partition coefficient (Wildman–Crippen LogP) is 1.91. The highest BCUT2D eigenvalue weighted by atomic mass is 16.5. The zero-order chi connectivity index (χ0) is 8.69. The van der Waals surface area contributed by atoms with Crippen molar-refractivity contribution in [1.82, 2.24) is 0 Å². The first kappa shape index (κ1) is 7.32. The minimum Gasteiger partial charge on any atom is -0.462 e. The van der Waals surface area contributed by atoms with Crippen molar-refractivity contribution >= 4 is 5.97 Å². The van der Waals surface area contributed by atoms with Gasteiger partial charge < -0.3 is 4.74 Å². The van der Waals surface area contributed by atoms with Crippen LogP contribution in [-0.4, -0.2) is 12.6 Å². The summed E-state index contributed by atoms with van der Waals surface area (Å²) in [5, 5.41) is 0. The van der Waals surface area contributed by atoms with Gasteiger partial charge in [0.05, 0.1) is 6.61 Å². The van der Waals surface area contributed by atoms with E-state index in [0.717, 1.165) is 12.8 Å². The van der Waals surface area contributed by atoms with E-state index in [2.05, 4.69) is 6.58 Å². The molecule has 0 aromatic carbocycles. The van der Waals surface area contributed by atoms with E-state index in [-0.39, 0.29) is 12.5 Å². The third kappa shape index (κ3) is 4.13. The summed E-state index contributed by atoms with van der Waals surface area (Å²) in [5.41, 5.74) is 0.223. The molecule has 0 bridgehead atoms. The van der Waals surface area contributed by atoms with Gasteiger partial charge in [0.15, 0.2) is 0 Å². The lowest BCUT2D eigenvalue weighted by Crippen LogP contribution is -2.05. The van der Waals surface area contributed by atoms with E-state index >= 15 is 0 Å². The lowest BCUT2D eigenvalue weighted by atomic mass is 10.3. The van der Waals surface area contributed by atoms with Crippen LogP contribution in [0.5, 0.6) is 0 Å². The molecule has 0 unspecified atom stereocenters. The van der Waals surface area contributed by atoms with Crippen LogP contribution in [0.2, 0.25) is 0 Å². The topological polar surface area (TPSA) is 26.3 Å². The lowest BCUT2D eigenvalue weighted by molar-refractivity contribution is -0.139. The Kier molecular flexibility index (Phi) is 3.68. The number of rotatable bonds is 4. The van der Waals surface area contributed by atoms with Crippen LogP contribution in [0.1, 0.15) is 28.0 Å². The van der Waals surface area contributed by atoms with Crippen LogP contribution in [0.25, 0.3) is 0 Å². The number of hydrogen-bond acceptors (Lipinski definition) is 2. The molecule has 2 nitrogen and oxygen atoms in total. The maximum Gasteiger partial charge on any atom is 0.333 e. The fourth-order valence-corrected chi connectivity index (χ4v) is 0.411. The zero-order valence-corrected chi connectivity index (χ0v) is 6.35. The van der Waals surface area contributed by atoms with Gasteiger partial charge in [0, 0.05) is 6.94 Å². The highest BCUT2D eigenvalue weighted by Gasteiger charge is 2.00. The summed E-state index contributed by atoms with van der Waals surface area (Å²) in [6.45, 7) is 5.77. The van der Waals surface area contributed by atoms with Crippen LogP contribution in [-0.2, 0) is 9.53 Å². The summed E-state index contributed by atoms with van der Waals surface area (Å²) < 4.78 is 11.6. The number of hydrogen-bond donors (Lipinski definition) is 0. The summed E-state index contributed by atoms with van der Waals surface area (Å²) in [6, 6.07) is 0. The summed E-state index contributed by atoms with van der Waals surface area (Å²) in [5.74, 6) is -0.437. The number of carbonyl (C=O) groups excluding carboxylic acids is 1. The van der Waals surface area contributed by atoms with Crippen LogP contribution in [0, 0.1) is 0 Å². The first-order chi connectivity index (χ1) is 5.22. The maximum atomic E-state index is 10.8. The second-order valence-electron chi connectivity index (χ2n) is 2.09. The van der Waals surface area contributed by atoms with Crippen LogP contribution < -0.4 is 0 Å². The Labute approximate surface area is 63.3 Å². The molecule has 10 heavy (non-hydrogen) atoms. The number of ether oxygens (including phenoxy) is 1. The molecule has 0 spiro atoms. The Morgan fingerprint density at radius 3 is 3.00 bits per heavy atom. The van der Waals surface area contributed by atoms with E-state index in [1.807, 2.05) is 6.92 Å². The van der Waals surface area contributed by atoms with Gasteiger partial charge in [-0.15, -0.1) is 0 Å². The molecule has 0 aliphatic carbocycles. The van der Waals surface area contributed by atoms with Gasteiger partial charge in [-0.1, -0.05) is 19.9 Å². The molecule has 0 fully saturated rings. The zero-order valence-electron chi connectivity index (χ0n) is 7.35. The van der Waals surface area contributed by atoms with E-state index in [4.69, 9.17) is 6.11 Å². The van der Waals surface area contributed by atoms with Crippen LogP contribution in [0.15, 0.2) is 12.2 Å². The van der Waals surface area contributed by atoms with Crippen molar-refractivity contribution in [2.75, 3.05) is 6.61 Å². The molecule has 0 aromatic rings. The molecule has 0 saturated carbocycles. The first-order valence-electron chi connectivity index (χ1n) is 4.07. The maximum absolute atomic E-state index is 10.8. The molecule has 58 valence electrons. The highest BCUT2D eigenvalue weighted by molar-refractivity contribution is 5.86. The standard InChI is InChI=1S/C8H14O2/c1-4-5-6-10-8(9)7(2)3/h2,4-6H2,1,3H3/i3T. The predicted molar refractivity (Wildman–Crippen MR) is 40.7 cm³/mol. The molecular weight excluding hydrogens is 128 g/mol. The van der Waals surface area contributed by atoms with E-state index in [1.165, 1.54) is 0 Å². The van der Waals surface area contributed by atoms with Crippen LogP contribution >= 0.6 is 0 Å². The average molecular weight is 144 g/mol. The molecule has 0 saturated heterocycles. The third-order valence-corrected chi connectivity index (χ3v) is 1.02. The van der Waals surface area contributed by atoms with Crippen molar-refractivity contribution in [3.63, 3.8) is 0 Å². The Hall–Kier alpha value is -0.790. The molecule has 0 rings (SSSR count). The Morgan fingerprint density at radius 1 is 1.80 bits per heavy atom. The largest absolute Gasteiger partial charge is 0.462 e. The van der Waals surface area contributed by atoms with Gasteiger partial charge in [-0.05, 0) is 13.3 Å². The van der Waals surface area contributed by atoms with Crippen LogP contribution in [0.3, 0.4) is 0 Å². The van der Waals surface area contributed by atoms with E-state index in [9.17, 15) is 4.79 Å². The molecule has 0 heterocycles. The fourth-order valence-electron chi connectivity index (χ4n) is 0.411. The average Bonchev–Trinajstić information content (AvgIpc) is 2.03. The van der Waals surface area contributed by atoms with Crippen molar-refractivity contribution in [1.29, 1.82) is 0 Å². The lowest BCUT2D eigenvalue weighted by Gasteiger charge is -2.01. The summed E-state index contributed by atoms with van der Waals surface area (Å²) in [4.78, 5) is 10.8. The van der Waals surface area contributed by atoms with E-state index in [1.54, 1.807) is 0 Å².